The summed E-state index contributed by atoms with van der Waals surface area (Å²) in [6.45, 7) is 1.35. The Hall–Kier alpha value is -2.82. The molecule has 188 valence electrons. The molecular weight excluding hydrogens is 456 g/mol. The lowest BCUT2D eigenvalue weighted by Gasteiger charge is -2.72. The van der Waals surface area contributed by atoms with E-state index in [1.54, 1.807) is 6.07 Å². The molecule has 6 atom stereocenters. The molecule has 1 aromatic carbocycles. The lowest BCUT2D eigenvalue weighted by atomic mass is 9.37. The third-order valence-corrected chi connectivity index (χ3v) is 9.55. The molecule has 1 saturated heterocycles. The van der Waals surface area contributed by atoms with E-state index in [9.17, 15) is 19.8 Å². The van der Waals surface area contributed by atoms with E-state index in [0.717, 1.165) is 5.56 Å². The van der Waals surface area contributed by atoms with Gasteiger partial charge in [-0.05, 0) is 37.4 Å². The van der Waals surface area contributed by atoms with Crippen molar-refractivity contribution in [3.63, 3.8) is 0 Å². The summed E-state index contributed by atoms with van der Waals surface area (Å²) >= 11 is 0. The number of hydrogen-bond donors (Lipinski definition) is 2. The summed E-state index contributed by atoms with van der Waals surface area (Å²) in [5.74, 6) is -0.277. The maximum atomic E-state index is 13.7. The fourth-order valence-electron chi connectivity index (χ4n) is 8.63. The zero-order valence-electron chi connectivity index (χ0n) is 20.2. The molecule has 6 unspecified atom stereocenters. The number of amides is 1. The molecule has 3 aliphatic heterocycles. The highest BCUT2D eigenvalue weighted by atomic mass is 16.6. The largest absolute Gasteiger partial charge is 0.493 e. The van der Waals surface area contributed by atoms with Gasteiger partial charge in [-0.3, -0.25) is 9.80 Å². The van der Waals surface area contributed by atoms with Gasteiger partial charge in [0, 0.05) is 23.4 Å². The zero-order valence-corrected chi connectivity index (χ0v) is 20.2. The van der Waals surface area contributed by atoms with E-state index in [0.29, 0.717) is 43.1 Å². The van der Waals surface area contributed by atoms with Crippen molar-refractivity contribution in [1.82, 2.24) is 4.90 Å². The molecule has 6 aliphatic rings. The molecule has 2 bridgehead atoms. The van der Waals surface area contributed by atoms with Gasteiger partial charge in [-0.1, -0.05) is 18.2 Å². The van der Waals surface area contributed by atoms with Gasteiger partial charge in [-0.25, -0.2) is 9.59 Å². The fourth-order valence-corrected chi connectivity index (χ4v) is 8.63. The van der Waals surface area contributed by atoms with Crippen LogP contribution in [0.15, 0.2) is 24.3 Å². The maximum absolute atomic E-state index is 13.7. The maximum Gasteiger partial charge on any atom is 0.414 e. The summed E-state index contributed by atoms with van der Waals surface area (Å²) in [5.41, 5.74) is -4.66. The average molecular weight is 487 g/mol. The van der Waals surface area contributed by atoms with Crippen LogP contribution >= 0.6 is 0 Å². The minimum absolute atomic E-state index is 0.250. The van der Waals surface area contributed by atoms with Crippen molar-refractivity contribution in [1.29, 1.82) is 0 Å². The summed E-state index contributed by atoms with van der Waals surface area (Å²) in [7, 11) is 5.42. The van der Waals surface area contributed by atoms with E-state index in [2.05, 4.69) is 4.90 Å². The van der Waals surface area contributed by atoms with Crippen molar-refractivity contribution in [3.05, 3.63) is 29.8 Å². The molecule has 3 heterocycles. The van der Waals surface area contributed by atoms with Gasteiger partial charge >= 0.3 is 12.1 Å². The van der Waals surface area contributed by atoms with Gasteiger partial charge in [0.15, 0.2) is 11.5 Å². The Morgan fingerprint density at radius 1 is 1.06 bits per heavy atom. The van der Waals surface area contributed by atoms with E-state index in [1.165, 1.54) is 33.3 Å². The molecule has 4 fully saturated rings. The van der Waals surface area contributed by atoms with Gasteiger partial charge in [0.05, 0.1) is 34.1 Å². The van der Waals surface area contributed by atoms with Crippen LogP contribution in [0, 0.1) is 5.41 Å². The first kappa shape index (κ1) is 22.6. The normalized spacial score (nSPS) is 40.1. The van der Waals surface area contributed by atoms with E-state index in [4.69, 9.17) is 18.9 Å². The number of esters is 1. The summed E-state index contributed by atoms with van der Waals surface area (Å²) in [5, 5.41) is 24.4. The third kappa shape index (κ3) is 2.04. The van der Waals surface area contributed by atoms with Gasteiger partial charge in [0.25, 0.3) is 0 Å². The second kappa shape index (κ2) is 6.89. The lowest BCUT2D eigenvalue weighted by Crippen LogP contribution is -2.90. The number of methoxy groups -OCH3 is 4. The summed E-state index contributed by atoms with van der Waals surface area (Å²) in [4.78, 5) is 30.8. The molecule has 7 rings (SSSR count). The van der Waals surface area contributed by atoms with Gasteiger partial charge in [-0.15, -0.1) is 0 Å². The SMILES string of the molecule is COC(=O)N1c2c(ccc(OC)c2OC)C23CCN4CC=CC5(CCC12C(O)(C(=O)OC)C5O)C43. The Balaban J connectivity index is 1.80. The summed E-state index contributed by atoms with van der Waals surface area (Å²) in [6, 6.07) is 3.41. The number of aliphatic hydroxyl groups excluding tert-OH is 1. The number of benzene rings is 1. The molecule has 35 heavy (non-hydrogen) atoms. The molecule has 10 nitrogen and oxygen atoms in total. The second-order valence-electron chi connectivity index (χ2n) is 10.2. The minimum Gasteiger partial charge on any atom is -0.493 e. The average Bonchev–Trinajstić information content (AvgIpc) is 3.41. The van der Waals surface area contributed by atoms with E-state index < -0.39 is 40.1 Å². The molecule has 10 heteroatoms. The number of nitrogens with zero attached hydrogens (tertiary/aromatic N) is 2. The minimum atomic E-state index is -2.43. The lowest BCUT2D eigenvalue weighted by molar-refractivity contribution is -0.262. The fraction of sp³-hybridized carbons (Fsp3) is 0.600. The van der Waals surface area contributed by atoms with Crippen LogP contribution in [0.2, 0.25) is 0 Å². The van der Waals surface area contributed by atoms with Crippen molar-refractivity contribution in [2.75, 3.05) is 46.4 Å². The van der Waals surface area contributed by atoms with Crippen LogP contribution in [-0.4, -0.2) is 92.0 Å². The number of ether oxygens (including phenoxy) is 4. The molecular formula is C25H30N2O8. The Bertz CT molecular complexity index is 1170. The standard InChI is InChI=1S/C25H30N2O8/c1-32-15-7-6-14-16(17(15)33-2)27(21(30)35-4)24-10-9-22(19(28)25(24,31)20(29)34-3)8-5-12-26-13-11-23(14,24)18(22)26/h5-8,18-19,28,31H,9-13H2,1-4H3. The number of fused-ring (bicyclic) bond motifs is 3. The van der Waals surface area contributed by atoms with Crippen molar-refractivity contribution in [2.24, 2.45) is 5.41 Å². The predicted molar refractivity (Wildman–Crippen MR) is 123 cm³/mol. The van der Waals surface area contributed by atoms with Crippen LogP contribution in [0.4, 0.5) is 10.5 Å². The molecule has 3 saturated carbocycles. The van der Waals surface area contributed by atoms with Crippen LogP contribution in [0.1, 0.15) is 24.8 Å². The van der Waals surface area contributed by atoms with Crippen molar-refractivity contribution in [3.8, 4) is 11.5 Å². The highest BCUT2D eigenvalue weighted by Crippen LogP contribution is 2.77. The molecule has 1 amide bonds. The van der Waals surface area contributed by atoms with Gasteiger partial charge in [0.2, 0.25) is 5.60 Å². The Morgan fingerprint density at radius 2 is 1.83 bits per heavy atom. The van der Waals surface area contributed by atoms with Crippen molar-refractivity contribution >= 4 is 17.7 Å². The van der Waals surface area contributed by atoms with Crippen LogP contribution in [0.3, 0.4) is 0 Å². The van der Waals surface area contributed by atoms with Gasteiger partial charge in [0.1, 0.15) is 11.6 Å². The number of anilines is 1. The molecule has 1 aromatic rings. The highest BCUT2D eigenvalue weighted by molar-refractivity contribution is 6.02. The van der Waals surface area contributed by atoms with Crippen LogP contribution < -0.4 is 14.4 Å². The number of rotatable bonds is 3. The van der Waals surface area contributed by atoms with Gasteiger partial charge < -0.3 is 29.2 Å². The quantitative estimate of drug-likeness (QED) is 0.476. The van der Waals surface area contributed by atoms with Crippen LogP contribution in [-0.2, 0) is 19.7 Å². The molecule has 3 aliphatic carbocycles. The highest BCUT2D eigenvalue weighted by Gasteiger charge is 2.89. The smallest absolute Gasteiger partial charge is 0.414 e. The molecule has 0 aromatic heterocycles. The first-order valence-corrected chi connectivity index (χ1v) is 11.8. The Labute approximate surface area is 203 Å². The van der Waals surface area contributed by atoms with E-state index in [1.807, 2.05) is 18.2 Å². The third-order valence-electron chi connectivity index (χ3n) is 9.55. The topological polar surface area (TPSA) is 118 Å². The number of carbonyl (C=O) groups is 2. The summed E-state index contributed by atoms with van der Waals surface area (Å²) in [6.07, 6.45) is 2.96. The number of aliphatic hydroxyl groups is 2. The first-order chi connectivity index (χ1) is 16.8. The van der Waals surface area contributed by atoms with Gasteiger partial charge in [-0.2, -0.15) is 0 Å². The van der Waals surface area contributed by atoms with Crippen LogP contribution in [0.25, 0.3) is 0 Å². The Morgan fingerprint density at radius 3 is 2.49 bits per heavy atom. The monoisotopic (exact) mass is 486 g/mol. The van der Waals surface area contributed by atoms with E-state index in [-0.39, 0.29) is 12.5 Å². The predicted octanol–water partition coefficient (Wildman–Crippen LogP) is 0.970. The van der Waals surface area contributed by atoms with Crippen molar-refractivity contribution < 1.29 is 38.7 Å². The van der Waals surface area contributed by atoms with Crippen molar-refractivity contribution in [2.45, 2.75) is 48.0 Å². The Kier molecular flexibility index (Phi) is 4.46. The second-order valence-corrected chi connectivity index (χ2v) is 10.2. The molecule has 2 N–H and O–H groups in total. The number of carbonyl (C=O) groups excluding carboxylic acids is 2. The molecule has 0 radical (unpaired) electrons. The van der Waals surface area contributed by atoms with Crippen LogP contribution in [0.5, 0.6) is 11.5 Å². The zero-order chi connectivity index (χ0) is 25.0. The first-order valence-electron chi connectivity index (χ1n) is 11.8. The summed E-state index contributed by atoms with van der Waals surface area (Å²) < 4.78 is 21.7. The van der Waals surface area contributed by atoms with E-state index >= 15 is 0 Å². The number of hydrogen-bond acceptors (Lipinski definition) is 9. The molecule has 3 spiro atoms.